The van der Waals surface area contributed by atoms with Gasteiger partial charge in [0.05, 0.1) is 0 Å². The largest absolute Gasteiger partial charge is 0.349 e. The molecule has 0 bridgehead atoms. The third kappa shape index (κ3) is 1.71. The Balaban J connectivity index is 2.12. The number of aromatic nitrogens is 4. The van der Waals surface area contributed by atoms with Crippen LogP contribution in [0.2, 0.25) is 0 Å². The molecular weight excluding hydrogens is 216 g/mol. The van der Waals surface area contributed by atoms with Gasteiger partial charge in [0.25, 0.3) is 0 Å². The Morgan fingerprint density at radius 2 is 2.00 bits per heavy atom. The number of hydrogen-bond acceptors (Lipinski definition) is 3. The van der Waals surface area contributed by atoms with E-state index in [0.717, 1.165) is 5.56 Å². The van der Waals surface area contributed by atoms with E-state index in [1.54, 1.807) is 12.3 Å². The SMILES string of the molecule is O=c1[nH]nc2ccnc(Cc3ccccc3)n12. The minimum atomic E-state index is -0.251. The Morgan fingerprint density at radius 3 is 2.82 bits per heavy atom. The van der Waals surface area contributed by atoms with Gasteiger partial charge in [0.1, 0.15) is 5.82 Å². The van der Waals surface area contributed by atoms with Crippen molar-refractivity contribution in [1.82, 2.24) is 19.6 Å². The zero-order chi connectivity index (χ0) is 11.7. The van der Waals surface area contributed by atoms with Crippen LogP contribution in [0.5, 0.6) is 0 Å². The van der Waals surface area contributed by atoms with E-state index in [2.05, 4.69) is 15.2 Å². The molecule has 5 heteroatoms. The molecule has 0 aliphatic carbocycles. The number of H-pyrrole nitrogens is 1. The fraction of sp³-hybridized carbons (Fsp3) is 0.0833. The number of rotatable bonds is 2. The summed E-state index contributed by atoms with van der Waals surface area (Å²) in [5, 5.41) is 6.33. The standard InChI is InChI=1S/C12H10N4O/c17-12-15-14-10-6-7-13-11(16(10)12)8-9-4-2-1-3-5-9/h1-7H,8H2,(H,15,17). The number of nitrogens with zero attached hydrogens (tertiary/aromatic N) is 3. The normalized spacial score (nSPS) is 10.8. The highest BCUT2D eigenvalue weighted by Gasteiger charge is 2.06. The van der Waals surface area contributed by atoms with Gasteiger partial charge < -0.3 is 0 Å². The second-order valence-electron chi connectivity index (χ2n) is 3.75. The minimum absolute atomic E-state index is 0.251. The monoisotopic (exact) mass is 226 g/mol. The molecule has 0 spiro atoms. The Morgan fingerprint density at radius 1 is 1.18 bits per heavy atom. The van der Waals surface area contributed by atoms with Crippen molar-refractivity contribution in [3.8, 4) is 0 Å². The van der Waals surface area contributed by atoms with E-state index in [9.17, 15) is 4.79 Å². The van der Waals surface area contributed by atoms with Crippen LogP contribution in [0.15, 0.2) is 47.4 Å². The number of aromatic amines is 1. The van der Waals surface area contributed by atoms with E-state index in [1.165, 1.54) is 4.40 Å². The van der Waals surface area contributed by atoms with Crippen molar-refractivity contribution in [3.63, 3.8) is 0 Å². The maximum atomic E-state index is 11.6. The first-order valence-electron chi connectivity index (χ1n) is 5.29. The Hall–Kier alpha value is -2.43. The van der Waals surface area contributed by atoms with Gasteiger partial charge in [-0.3, -0.25) is 0 Å². The van der Waals surface area contributed by atoms with Gasteiger partial charge in [-0.05, 0) is 5.56 Å². The molecule has 0 aliphatic heterocycles. The van der Waals surface area contributed by atoms with Crippen molar-refractivity contribution in [2.45, 2.75) is 6.42 Å². The average Bonchev–Trinajstić information content (AvgIpc) is 2.74. The predicted molar refractivity (Wildman–Crippen MR) is 62.9 cm³/mol. The predicted octanol–water partition coefficient (Wildman–Crippen LogP) is 1.01. The molecule has 1 aromatic carbocycles. The molecule has 3 aromatic rings. The van der Waals surface area contributed by atoms with Gasteiger partial charge in [-0.2, -0.15) is 5.10 Å². The maximum Gasteiger partial charge on any atom is 0.349 e. The first kappa shape index (κ1) is 9.77. The van der Waals surface area contributed by atoms with E-state index in [4.69, 9.17) is 0 Å². The Kier molecular flexibility index (Phi) is 2.22. The molecule has 0 radical (unpaired) electrons. The lowest BCUT2D eigenvalue weighted by molar-refractivity contribution is 0.886. The summed E-state index contributed by atoms with van der Waals surface area (Å²) >= 11 is 0. The van der Waals surface area contributed by atoms with Gasteiger partial charge >= 0.3 is 5.69 Å². The summed E-state index contributed by atoms with van der Waals surface area (Å²) in [6.07, 6.45) is 2.27. The highest BCUT2D eigenvalue weighted by Crippen LogP contribution is 2.06. The average molecular weight is 226 g/mol. The van der Waals surface area contributed by atoms with Crippen molar-refractivity contribution in [3.05, 3.63) is 64.5 Å². The molecule has 2 heterocycles. The number of nitrogens with one attached hydrogen (secondary N) is 1. The molecule has 0 fully saturated rings. The van der Waals surface area contributed by atoms with Crippen LogP contribution in [0.25, 0.3) is 5.65 Å². The molecule has 0 amide bonds. The van der Waals surface area contributed by atoms with Crippen LogP contribution in [0.3, 0.4) is 0 Å². The number of benzene rings is 1. The molecule has 0 aliphatic rings. The van der Waals surface area contributed by atoms with Gasteiger partial charge in [0, 0.05) is 18.7 Å². The number of hydrogen-bond donors (Lipinski definition) is 1. The first-order chi connectivity index (χ1) is 8.34. The van der Waals surface area contributed by atoms with E-state index >= 15 is 0 Å². The zero-order valence-electron chi connectivity index (χ0n) is 9.00. The third-order valence-electron chi connectivity index (χ3n) is 2.61. The lowest BCUT2D eigenvalue weighted by Gasteiger charge is -2.02. The Labute approximate surface area is 96.8 Å². The van der Waals surface area contributed by atoms with Crippen LogP contribution in [-0.4, -0.2) is 19.6 Å². The molecule has 17 heavy (non-hydrogen) atoms. The van der Waals surface area contributed by atoms with Gasteiger partial charge in [0.2, 0.25) is 0 Å². The van der Waals surface area contributed by atoms with Crippen molar-refractivity contribution >= 4 is 5.65 Å². The van der Waals surface area contributed by atoms with Crippen molar-refractivity contribution < 1.29 is 0 Å². The van der Waals surface area contributed by atoms with Crippen LogP contribution in [-0.2, 0) is 6.42 Å². The van der Waals surface area contributed by atoms with Crippen LogP contribution < -0.4 is 5.69 Å². The topological polar surface area (TPSA) is 63.0 Å². The van der Waals surface area contributed by atoms with E-state index in [1.807, 2.05) is 30.3 Å². The fourth-order valence-corrected chi connectivity index (χ4v) is 1.82. The van der Waals surface area contributed by atoms with E-state index in [0.29, 0.717) is 17.9 Å². The van der Waals surface area contributed by atoms with Crippen molar-refractivity contribution in [2.75, 3.05) is 0 Å². The summed E-state index contributed by atoms with van der Waals surface area (Å²) in [5.41, 5.74) is 1.45. The summed E-state index contributed by atoms with van der Waals surface area (Å²) in [7, 11) is 0. The van der Waals surface area contributed by atoms with Crippen LogP contribution >= 0.6 is 0 Å². The summed E-state index contributed by atoms with van der Waals surface area (Å²) in [5.74, 6) is 0.687. The summed E-state index contributed by atoms with van der Waals surface area (Å²) < 4.78 is 1.49. The van der Waals surface area contributed by atoms with Crippen molar-refractivity contribution in [1.29, 1.82) is 0 Å². The smallest absolute Gasteiger partial charge is 0.246 e. The summed E-state index contributed by atoms with van der Waals surface area (Å²) in [6.45, 7) is 0. The lowest BCUT2D eigenvalue weighted by atomic mass is 10.1. The van der Waals surface area contributed by atoms with Crippen molar-refractivity contribution in [2.24, 2.45) is 0 Å². The van der Waals surface area contributed by atoms with Gasteiger partial charge in [0.15, 0.2) is 5.65 Å². The molecule has 1 N–H and O–H groups in total. The summed E-state index contributed by atoms with van der Waals surface area (Å²) in [4.78, 5) is 15.8. The second-order valence-corrected chi connectivity index (χ2v) is 3.75. The molecule has 0 atom stereocenters. The van der Waals surface area contributed by atoms with Gasteiger partial charge in [-0.25, -0.2) is 19.3 Å². The van der Waals surface area contributed by atoms with Gasteiger partial charge in [-0.1, -0.05) is 30.3 Å². The lowest BCUT2D eigenvalue weighted by Crippen LogP contribution is -2.15. The van der Waals surface area contributed by atoms with Crippen LogP contribution in [0.1, 0.15) is 11.4 Å². The molecular formula is C12H10N4O. The maximum absolute atomic E-state index is 11.6. The van der Waals surface area contributed by atoms with E-state index in [-0.39, 0.29) is 5.69 Å². The highest BCUT2D eigenvalue weighted by atomic mass is 16.1. The zero-order valence-corrected chi connectivity index (χ0v) is 9.00. The molecule has 0 unspecified atom stereocenters. The van der Waals surface area contributed by atoms with Gasteiger partial charge in [-0.15, -0.1) is 0 Å². The summed E-state index contributed by atoms with van der Waals surface area (Å²) in [6, 6.07) is 11.6. The molecule has 0 saturated heterocycles. The molecule has 84 valence electrons. The molecule has 5 nitrogen and oxygen atoms in total. The quantitative estimate of drug-likeness (QED) is 0.709. The number of fused-ring (bicyclic) bond motifs is 1. The molecule has 2 aromatic heterocycles. The molecule has 0 saturated carbocycles. The molecule has 3 rings (SSSR count). The second kappa shape index (κ2) is 3.86. The van der Waals surface area contributed by atoms with Crippen LogP contribution in [0.4, 0.5) is 0 Å². The van der Waals surface area contributed by atoms with Crippen LogP contribution in [0, 0.1) is 0 Å². The first-order valence-corrected chi connectivity index (χ1v) is 5.29. The fourth-order valence-electron chi connectivity index (χ4n) is 1.82. The van der Waals surface area contributed by atoms with E-state index < -0.39 is 0 Å². The highest BCUT2D eigenvalue weighted by molar-refractivity contribution is 5.36. The third-order valence-corrected chi connectivity index (χ3v) is 2.61. The minimum Gasteiger partial charge on any atom is -0.246 e. The Bertz CT molecular complexity index is 699.